The third-order valence-electron chi connectivity index (χ3n) is 13.7. The highest BCUT2D eigenvalue weighted by Crippen LogP contribution is 2.30. The maximum Gasteiger partial charge on any atom is 0.303 e. The van der Waals surface area contributed by atoms with Crippen LogP contribution in [0.3, 0.4) is 0 Å². The zero-order valence-corrected chi connectivity index (χ0v) is 41.3. The predicted octanol–water partition coefficient (Wildman–Crippen LogP) is 4.63. The first kappa shape index (κ1) is 54.0. The minimum atomic E-state index is -0.909. The number of carboxylic acids is 1. The molecule has 4 N–H and O–H groups in total. The highest BCUT2D eigenvalue weighted by atomic mass is 16.7. The number of benzene rings is 1. The van der Waals surface area contributed by atoms with Crippen molar-refractivity contribution in [3.63, 3.8) is 0 Å². The summed E-state index contributed by atoms with van der Waals surface area (Å²) in [5.41, 5.74) is 1.82. The Morgan fingerprint density at radius 2 is 1.64 bits per heavy atom. The molecule has 0 unspecified atom stereocenters. The van der Waals surface area contributed by atoms with Gasteiger partial charge in [0.25, 0.3) is 5.91 Å². The zero-order valence-electron chi connectivity index (χ0n) is 41.3. The van der Waals surface area contributed by atoms with Gasteiger partial charge in [0.15, 0.2) is 0 Å². The summed E-state index contributed by atoms with van der Waals surface area (Å²) in [5.74, 6) is -3.63. The average molecular weight is 926 g/mol. The largest absolute Gasteiger partial charge is 0.481 e. The monoisotopic (exact) mass is 926 g/mol. The van der Waals surface area contributed by atoms with Crippen LogP contribution in [0.5, 0.6) is 0 Å². The lowest BCUT2D eigenvalue weighted by Crippen LogP contribution is -2.60. The molecule has 2 saturated heterocycles. The van der Waals surface area contributed by atoms with Gasteiger partial charge in [0, 0.05) is 64.3 Å². The van der Waals surface area contributed by atoms with Crippen molar-refractivity contribution in [2.75, 3.05) is 54.6 Å². The average Bonchev–Trinajstić information content (AvgIpc) is 3.95. The number of aromatic nitrogens is 1. The number of hydroxylamine groups is 2. The van der Waals surface area contributed by atoms with Gasteiger partial charge in [0.2, 0.25) is 23.6 Å². The molecule has 9 atom stereocenters. The molecule has 17 heteroatoms. The molecule has 0 spiro atoms. The van der Waals surface area contributed by atoms with E-state index in [9.17, 15) is 28.8 Å². The van der Waals surface area contributed by atoms with E-state index in [1.54, 1.807) is 30.8 Å². The molecule has 5 amide bonds. The van der Waals surface area contributed by atoms with Gasteiger partial charge in [-0.15, -0.1) is 0 Å². The maximum absolute atomic E-state index is 14.5. The minimum absolute atomic E-state index is 0.0107. The van der Waals surface area contributed by atoms with Crippen molar-refractivity contribution in [1.29, 1.82) is 0 Å². The van der Waals surface area contributed by atoms with E-state index in [1.165, 1.54) is 19.3 Å². The number of hydrogen-bond acceptors (Lipinski definition) is 10. The first-order chi connectivity index (χ1) is 31.4. The number of nitrogens with zero attached hydrogens (tertiary/aromatic N) is 4. The molecular weight excluding hydrogens is 847 g/mol. The van der Waals surface area contributed by atoms with E-state index in [0.717, 1.165) is 29.3 Å². The van der Waals surface area contributed by atoms with Gasteiger partial charge in [-0.3, -0.25) is 38.5 Å². The summed E-state index contributed by atoms with van der Waals surface area (Å²) in [6.07, 6.45) is 4.69. The smallest absolute Gasteiger partial charge is 0.303 e. The van der Waals surface area contributed by atoms with E-state index in [0.29, 0.717) is 51.9 Å². The van der Waals surface area contributed by atoms with Crippen molar-refractivity contribution in [3.8, 4) is 0 Å². The number of fused-ring (bicyclic) bond motifs is 1. The van der Waals surface area contributed by atoms with Crippen LogP contribution in [-0.2, 0) is 49.5 Å². The lowest BCUT2D eigenvalue weighted by molar-refractivity contribution is -0.199. The quantitative estimate of drug-likeness (QED) is 0.108. The number of aromatic amines is 1. The zero-order chi connectivity index (χ0) is 48.8. The first-order valence-corrected chi connectivity index (χ1v) is 24.0. The van der Waals surface area contributed by atoms with Gasteiger partial charge < -0.3 is 40.0 Å². The molecule has 2 aliphatic heterocycles. The molecule has 4 rings (SSSR count). The summed E-state index contributed by atoms with van der Waals surface area (Å²) in [6.45, 7) is 15.1. The Bertz CT molecular complexity index is 1920. The molecule has 2 aromatic rings. The van der Waals surface area contributed by atoms with Gasteiger partial charge in [-0.1, -0.05) is 73.1 Å². The van der Waals surface area contributed by atoms with Crippen LogP contribution in [0.15, 0.2) is 30.5 Å². The van der Waals surface area contributed by atoms with Crippen LogP contribution < -0.4 is 10.6 Å². The van der Waals surface area contributed by atoms with Crippen LogP contribution in [0.1, 0.15) is 105 Å². The Balaban J connectivity index is 1.50. The second kappa shape index (κ2) is 25.5. The number of likely N-dealkylation sites (tertiary alicyclic amines) is 1. The summed E-state index contributed by atoms with van der Waals surface area (Å²) in [7, 11) is 6.56. The van der Waals surface area contributed by atoms with Gasteiger partial charge in [-0.2, -0.15) is 0 Å². The number of carbonyl (C=O) groups excluding carboxylic acids is 5. The summed E-state index contributed by atoms with van der Waals surface area (Å²) < 4.78 is 12.1. The van der Waals surface area contributed by atoms with Crippen LogP contribution in [0.2, 0.25) is 0 Å². The van der Waals surface area contributed by atoms with E-state index < -0.39 is 54.3 Å². The molecule has 0 aliphatic carbocycles. The number of methoxy groups -OCH3 is 2. The highest BCUT2D eigenvalue weighted by molar-refractivity contribution is 5.91. The normalized spacial score (nSPS) is 19.3. The Labute approximate surface area is 391 Å². The second-order valence-electron chi connectivity index (χ2n) is 19.1. The Morgan fingerprint density at radius 1 is 0.924 bits per heavy atom. The number of carbonyl (C=O) groups is 6. The lowest BCUT2D eigenvalue weighted by atomic mass is 9.89. The number of likely N-dealkylation sites (N-methyl/N-ethyl adjacent to an activating group) is 2. The highest BCUT2D eigenvalue weighted by Gasteiger charge is 2.44. The van der Waals surface area contributed by atoms with Gasteiger partial charge in [-0.05, 0) is 75.1 Å². The number of carboxylic acid groups (broad SMARTS) is 1. The van der Waals surface area contributed by atoms with Crippen molar-refractivity contribution in [2.24, 2.45) is 23.7 Å². The molecular formula is C49H79N7O10. The molecule has 3 heterocycles. The van der Waals surface area contributed by atoms with E-state index in [1.807, 2.05) is 76.9 Å². The Morgan fingerprint density at radius 3 is 2.24 bits per heavy atom. The maximum atomic E-state index is 14.5. The van der Waals surface area contributed by atoms with E-state index in [-0.39, 0.29) is 66.6 Å². The Kier molecular flexibility index (Phi) is 20.9. The van der Waals surface area contributed by atoms with Crippen LogP contribution in [0.4, 0.5) is 0 Å². The Hall–Kier alpha value is -4.58. The number of hydrogen-bond donors (Lipinski definition) is 4. The number of ether oxygens (including phenoxy) is 2. The van der Waals surface area contributed by atoms with E-state index >= 15 is 0 Å². The molecule has 17 nitrogen and oxygen atoms in total. The minimum Gasteiger partial charge on any atom is -0.481 e. The molecule has 0 saturated carbocycles. The number of para-hydroxylation sites is 1. The second-order valence-corrected chi connectivity index (χ2v) is 19.1. The van der Waals surface area contributed by atoms with Gasteiger partial charge in [0.05, 0.1) is 49.3 Å². The predicted molar refractivity (Wildman–Crippen MR) is 252 cm³/mol. The van der Waals surface area contributed by atoms with E-state index in [2.05, 4.69) is 15.6 Å². The first-order valence-electron chi connectivity index (χ1n) is 24.0. The van der Waals surface area contributed by atoms with Crippen molar-refractivity contribution >= 4 is 46.4 Å². The SMILES string of the molecule is CC[C@H](C)[C@@H]([C@@H](CC(=O)N1CCC[C@H]1[C@H](OC)[C@@H](C)C(=O)N[C@@H](Cc1c[nH]c2ccccc12)C(=O)N1CCCCO1)OC)N(C)C(=O)[C@@H](NC(=O)[C@H](C(C)C)N(C)CCCC(=O)O)C(C)C. The van der Waals surface area contributed by atoms with Gasteiger partial charge >= 0.3 is 5.97 Å². The molecule has 2 fully saturated rings. The summed E-state index contributed by atoms with van der Waals surface area (Å²) in [6, 6.07) is 4.47. The van der Waals surface area contributed by atoms with Gasteiger partial charge in [-0.25, -0.2) is 5.06 Å². The third kappa shape index (κ3) is 13.8. The molecule has 1 aromatic heterocycles. The van der Waals surface area contributed by atoms with Crippen molar-refractivity contribution in [1.82, 2.24) is 35.4 Å². The van der Waals surface area contributed by atoms with Crippen LogP contribution in [0.25, 0.3) is 10.9 Å². The lowest BCUT2D eigenvalue weighted by Gasteiger charge is -2.41. The number of amides is 5. The van der Waals surface area contributed by atoms with Crippen LogP contribution in [0, 0.1) is 23.7 Å². The number of rotatable bonds is 25. The van der Waals surface area contributed by atoms with Gasteiger partial charge in [0.1, 0.15) is 12.1 Å². The fourth-order valence-corrected chi connectivity index (χ4v) is 9.88. The van der Waals surface area contributed by atoms with E-state index in [4.69, 9.17) is 19.4 Å². The topological polar surface area (TPSA) is 203 Å². The molecule has 1 aromatic carbocycles. The fraction of sp³-hybridized carbons (Fsp3) is 0.714. The van der Waals surface area contributed by atoms with Crippen molar-refractivity contribution in [3.05, 3.63) is 36.0 Å². The summed E-state index contributed by atoms with van der Waals surface area (Å²) >= 11 is 0. The molecule has 66 heavy (non-hydrogen) atoms. The molecule has 370 valence electrons. The van der Waals surface area contributed by atoms with Crippen molar-refractivity contribution < 1.29 is 48.2 Å². The standard InChI is InChI=1S/C49H79N7O10/c1-12-32(6)44(54(9)49(63)42(30(2)3)52-47(61)43(31(4)5)53(8)23-18-22-41(58)59)39(64-10)28-40(57)55-24-17-21-38(55)45(65-11)33(7)46(60)51-37(48(62)56-25-15-16-26-66-56)27-34-29-50-36-20-14-13-19-35(34)36/h13-14,19-20,29-33,37-39,42-45,50H,12,15-18,21-28H2,1-11H3,(H,51,60)(H,52,61)(H,58,59)/t32-,33+,37-,38-,39+,42-,43-,44-,45+/m0/s1. The third-order valence-corrected chi connectivity index (χ3v) is 13.7. The number of aliphatic carboxylic acids is 1. The van der Waals surface area contributed by atoms with Crippen LogP contribution >= 0.6 is 0 Å². The van der Waals surface area contributed by atoms with Crippen molar-refractivity contribution in [2.45, 2.75) is 149 Å². The number of nitrogens with one attached hydrogen (secondary N) is 3. The molecule has 2 aliphatic rings. The summed E-state index contributed by atoms with van der Waals surface area (Å²) in [5, 5.41) is 17.5. The van der Waals surface area contributed by atoms with Crippen LogP contribution in [-0.4, -0.2) is 162 Å². The molecule has 0 bridgehead atoms. The number of H-pyrrole nitrogens is 1. The summed E-state index contributed by atoms with van der Waals surface area (Å²) in [4.78, 5) is 96.5. The molecule has 0 radical (unpaired) electrons. The fourth-order valence-electron chi connectivity index (χ4n) is 9.88.